The van der Waals surface area contributed by atoms with Crippen LogP contribution in [0.15, 0.2) is 0 Å². The number of aliphatic hydroxyl groups excluding tert-OH is 1. The molecule has 0 radical (unpaired) electrons. The van der Waals surface area contributed by atoms with Crippen LogP contribution in [0.5, 0.6) is 0 Å². The zero-order valence-corrected chi connectivity index (χ0v) is 9.20. The van der Waals surface area contributed by atoms with Crippen molar-refractivity contribution >= 4 is 0 Å². The van der Waals surface area contributed by atoms with E-state index in [1.54, 1.807) is 0 Å². The van der Waals surface area contributed by atoms with E-state index in [1.165, 1.54) is 0 Å². The molecule has 0 spiro atoms. The summed E-state index contributed by atoms with van der Waals surface area (Å²) in [7, 11) is 4.12. The van der Waals surface area contributed by atoms with Crippen molar-refractivity contribution in [1.29, 1.82) is 0 Å². The van der Waals surface area contributed by atoms with E-state index in [2.05, 4.69) is 37.7 Å². The lowest BCUT2D eigenvalue weighted by Crippen LogP contribution is -2.30. The first kappa shape index (κ1) is 11.0. The van der Waals surface area contributed by atoms with Crippen LogP contribution in [0.3, 0.4) is 0 Å². The number of β-amino-alcohol motifs (C(OH)–C–C–N with tert-alkyl or cyclic N) is 1. The van der Waals surface area contributed by atoms with Crippen molar-refractivity contribution in [3.8, 4) is 0 Å². The van der Waals surface area contributed by atoms with Gasteiger partial charge in [-0.2, -0.15) is 0 Å². The molecule has 0 amide bonds. The molecule has 0 aromatic carbocycles. The van der Waals surface area contributed by atoms with E-state index in [4.69, 9.17) is 0 Å². The molecular weight excluding hydrogens is 164 g/mol. The number of nitrogens with zero attached hydrogens (tertiary/aromatic N) is 2. The van der Waals surface area contributed by atoms with Crippen molar-refractivity contribution in [2.45, 2.75) is 26.0 Å². The molecule has 1 aliphatic heterocycles. The van der Waals surface area contributed by atoms with Gasteiger partial charge in [-0.3, -0.25) is 4.90 Å². The zero-order chi connectivity index (χ0) is 10.0. The second-order valence-electron chi connectivity index (χ2n) is 4.64. The minimum Gasteiger partial charge on any atom is -0.391 e. The van der Waals surface area contributed by atoms with Gasteiger partial charge < -0.3 is 10.0 Å². The quantitative estimate of drug-likeness (QED) is 0.684. The van der Waals surface area contributed by atoms with Crippen LogP contribution in [0.25, 0.3) is 0 Å². The number of hydrogen-bond acceptors (Lipinski definition) is 3. The van der Waals surface area contributed by atoms with Crippen molar-refractivity contribution in [2.75, 3.05) is 33.7 Å². The van der Waals surface area contributed by atoms with E-state index in [0.29, 0.717) is 12.0 Å². The molecule has 1 heterocycles. The highest BCUT2D eigenvalue weighted by atomic mass is 16.3. The summed E-state index contributed by atoms with van der Waals surface area (Å²) in [6.07, 6.45) is -0.134. The second kappa shape index (κ2) is 4.40. The molecule has 0 aromatic heterocycles. The summed E-state index contributed by atoms with van der Waals surface area (Å²) in [5.74, 6) is 0.428. The average molecular weight is 186 g/mol. The lowest BCUT2D eigenvalue weighted by molar-refractivity contribution is 0.125. The van der Waals surface area contributed by atoms with E-state index < -0.39 is 0 Å². The molecule has 0 bridgehead atoms. The molecule has 1 rings (SSSR count). The molecule has 3 heteroatoms. The maximum Gasteiger partial charge on any atom is 0.0719 e. The maximum atomic E-state index is 9.79. The van der Waals surface area contributed by atoms with Gasteiger partial charge in [0.25, 0.3) is 0 Å². The fraction of sp³-hybridized carbons (Fsp3) is 1.00. The van der Waals surface area contributed by atoms with Gasteiger partial charge in [-0.25, -0.2) is 0 Å². The van der Waals surface area contributed by atoms with Crippen LogP contribution >= 0.6 is 0 Å². The summed E-state index contributed by atoms with van der Waals surface area (Å²) < 4.78 is 0. The van der Waals surface area contributed by atoms with Crippen LogP contribution in [0, 0.1) is 5.92 Å². The highest BCUT2D eigenvalue weighted by Gasteiger charge is 2.32. The van der Waals surface area contributed by atoms with Crippen LogP contribution in [0.4, 0.5) is 0 Å². The standard InChI is InChI=1S/C10H22N2O/c1-8(2)12-6-9(5-11(3)4)10(13)7-12/h8-10,13H,5-7H2,1-4H3. The molecule has 0 saturated carbocycles. The van der Waals surface area contributed by atoms with Gasteiger partial charge in [0.2, 0.25) is 0 Å². The molecule has 0 aliphatic carbocycles. The van der Waals surface area contributed by atoms with E-state index >= 15 is 0 Å². The monoisotopic (exact) mass is 186 g/mol. The summed E-state index contributed by atoms with van der Waals surface area (Å²) in [5, 5.41) is 9.79. The number of rotatable bonds is 3. The fourth-order valence-corrected chi connectivity index (χ4v) is 1.96. The van der Waals surface area contributed by atoms with E-state index in [-0.39, 0.29) is 6.10 Å². The normalized spacial score (nSPS) is 30.7. The molecular formula is C10H22N2O. The van der Waals surface area contributed by atoms with Gasteiger partial charge in [-0.05, 0) is 27.9 Å². The van der Waals surface area contributed by atoms with Crippen molar-refractivity contribution < 1.29 is 5.11 Å². The third-order valence-electron chi connectivity index (χ3n) is 2.76. The van der Waals surface area contributed by atoms with Gasteiger partial charge in [0, 0.05) is 31.6 Å². The van der Waals surface area contributed by atoms with Crippen LogP contribution in [0.1, 0.15) is 13.8 Å². The Hall–Kier alpha value is -0.120. The second-order valence-corrected chi connectivity index (χ2v) is 4.64. The summed E-state index contributed by atoms with van der Waals surface area (Å²) in [6, 6.07) is 0.557. The molecule has 13 heavy (non-hydrogen) atoms. The molecule has 0 aromatic rings. The van der Waals surface area contributed by atoms with Gasteiger partial charge in [-0.15, -0.1) is 0 Å². The summed E-state index contributed by atoms with van der Waals surface area (Å²) in [6.45, 7) is 7.24. The largest absolute Gasteiger partial charge is 0.391 e. The van der Waals surface area contributed by atoms with E-state index in [1.807, 2.05) is 0 Å². The lowest BCUT2D eigenvalue weighted by Gasteiger charge is -2.20. The third kappa shape index (κ3) is 2.93. The summed E-state index contributed by atoms with van der Waals surface area (Å²) >= 11 is 0. The zero-order valence-electron chi connectivity index (χ0n) is 9.20. The SMILES string of the molecule is CC(C)N1CC(O)C(CN(C)C)C1. The molecule has 1 saturated heterocycles. The van der Waals surface area contributed by atoms with Crippen molar-refractivity contribution in [2.24, 2.45) is 5.92 Å². The summed E-state index contributed by atoms with van der Waals surface area (Å²) in [4.78, 5) is 4.50. The smallest absolute Gasteiger partial charge is 0.0719 e. The summed E-state index contributed by atoms with van der Waals surface area (Å²) in [5.41, 5.74) is 0. The van der Waals surface area contributed by atoms with E-state index in [0.717, 1.165) is 19.6 Å². The topological polar surface area (TPSA) is 26.7 Å². The van der Waals surface area contributed by atoms with Gasteiger partial charge in [0.1, 0.15) is 0 Å². The molecule has 1 fully saturated rings. The van der Waals surface area contributed by atoms with Crippen molar-refractivity contribution in [1.82, 2.24) is 9.80 Å². The Balaban J connectivity index is 2.42. The molecule has 1 aliphatic rings. The molecule has 2 unspecified atom stereocenters. The highest BCUT2D eigenvalue weighted by molar-refractivity contribution is 4.86. The van der Waals surface area contributed by atoms with E-state index in [9.17, 15) is 5.11 Å². The lowest BCUT2D eigenvalue weighted by atomic mass is 10.1. The first-order valence-electron chi connectivity index (χ1n) is 5.07. The average Bonchev–Trinajstić information content (AvgIpc) is 2.31. The first-order chi connectivity index (χ1) is 6.00. The maximum absolute atomic E-state index is 9.79. The van der Waals surface area contributed by atoms with Crippen LogP contribution in [0.2, 0.25) is 0 Å². The minimum absolute atomic E-state index is 0.134. The Morgan fingerprint density at radius 2 is 2.00 bits per heavy atom. The Kier molecular flexibility index (Phi) is 3.71. The van der Waals surface area contributed by atoms with Crippen molar-refractivity contribution in [3.63, 3.8) is 0 Å². The Morgan fingerprint density at radius 1 is 1.38 bits per heavy atom. The molecule has 1 N–H and O–H groups in total. The first-order valence-corrected chi connectivity index (χ1v) is 5.07. The number of likely N-dealkylation sites (tertiary alicyclic amines) is 1. The molecule has 2 atom stereocenters. The Labute approximate surface area is 81.3 Å². The van der Waals surface area contributed by atoms with Gasteiger partial charge in [0.05, 0.1) is 6.10 Å². The Morgan fingerprint density at radius 3 is 2.38 bits per heavy atom. The van der Waals surface area contributed by atoms with Crippen LogP contribution in [-0.4, -0.2) is 60.8 Å². The van der Waals surface area contributed by atoms with Gasteiger partial charge in [-0.1, -0.05) is 0 Å². The van der Waals surface area contributed by atoms with Crippen LogP contribution < -0.4 is 0 Å². The van der Waals surface area contributed by atoms with Crippen molar-refractivity contribution in [3.05, 3.63) is 0 Å². The molecule has 78 valence electrons. The molecule has 3 nitrogen and oxygen atoms in total. The van der Waals surface area contributed by atoms with Crippen LogP contribution in [-0.2, 0) is 0 Å². The minimum atomic E-state index is -0.134. The highest BCUT2D eigenvalue weighted by Crippen LogP contribution is 2.19. The van der Waals surface area contributed by atoms with Gasteiger partial charge >= 0.3 is 0 Å². The third-order valence-corrected chi connectivity index (χ3v) is 2.76. The van der Waals surface area contributed by atoms with Gasteiger partial charge in [0.15, 0.2) is 0 Å². The predicted molar refractivity (Wildman–Crippen MR) is 54.8 cm³/mol. The number of hydrogen-bond donors (Lipinski definition) is 1. The predicted octanol–water partition coefficient (Wildman–Crippen LogP) is 0.249. The number of aliphatic hydroxyl groups is 1. The Bertz CT molecular complexity index is 159. The fourth-order valence-electron chi connectivity index (χ4n) is 1.96.